The van der Waals surface area contributed by atoms with E-state index in [2.05, 4.69) is 0 Å². The minimum atomic E-state index is -0.414. The van der Waals surface area contributed by atoms with Gasteiger partial charge in [-0.1, -0.05) is 30.3 Å². The molecule has 0 saturated carbocycles. The van der Waals surface area contributed by atoms with Crippen LogP contribution < -0.4 is 14.5 Å². The Kier molecular flexibility index (Phi) is 4.57. The maximum Gasteiger partial charge on any atom is 0.266 e. The molecule has 2 aliphatic heterocycles. The number of imide groups is 2. The number of hydrogen-bond donors (Lipinski definition) is 0. The van der Waals surface area contributed by atoms with E-state index in [1.54, 1.807) is 84.9 Å². The predicted molar refractivity (Wildman–Crippen MR) is 128 cm³/mol. The van der Waals surface area contributed by atoms with Crippen molar-refractivity contribution in [3.8, 4) is 11.5 Å². The number of carbonyl (C=O) groups is 4. The maximum atomic E-state index is 12.9. The van der Waals surface area contributed by atoms with Crippen molar-refractivity contribution in [1.29, 1.82) is 0 Å². The van der Waals surface area contributed by atoms with Crippen LogP contribution >= 0.6 is 0 Å². The highest BCUT2D eigenvalue weighted by atomic mass is 16.5. The molecule has 168 valence electrons. The van der Waals surface area contributed by atoms with Crippen molar-refractivity contribution >= 4 is 35.0 Å². The average Bonchev–Trinajstić information content (AvgIpc) is 3.29. The Hall–Kier alpha value is -5.04. The molecule has 2 heterocycles. The molecule has 0 saturated heterocycles. The average molecular weight is 460 g/mol. The second kappa shape index (κ2) is 7.78. The van der Waals surface area contributed by atoms with E-state index in [1.807, 2.05) is 6.07 Å². The fourth-order valence-electron chi connectivity index (χ4n) is 4.32. The number of nitrogens with zero attached hydrogens (tertiary/aromatic N) is 2. The molecule has 0 aromatic heterocycles. The number of amides is 4. The second-order valence-electron chi connectivity index (χ2n) is 8.08. The molecule has 6 rings (SSSR count). The van der Waals surface area contributed by atoms with Gasteiger partial charge in [-0.3, -0.25) is 19.2 Å². The molecule has 0 aliphatic carbocycles. The minimum absolute atomic E-state index is 0.263. The SMILES string of the molecule is O=C1c2ccccc2C(=O)N1c1ccc(Oc2ccc3c(c2)C(=O)N(c2ccccc2)C3=O)cc1. The molecular formula is C28H16N2O5. The number of carbonyl (C=O) groups excluding carboxylic acids is 4. The molecule has 4 aromatic carbocycles. The number of benzene rings is 4. The fourth-order valence-corrected chi connectivity index (χ4v) is 4.32. The van der Waals surface area contributed by atoms with Crippen molar-refractivity contribution in [2.75, 3.05) is 9.80 Å². The number of ether oxygens (including phenoxy) is 1. The van der Waals surface area contributed by atoms with Gasteiger partial charge in [0.1, 0.15) is 11.5 Å². The molecule has 0 N–H and O–H groups in total. The topological polar surface area (TPSA) is 84.0 Å². The normalized spacial score (nSPS) is 14.4. The van der Waals surface area contributed by atoms with Crippen LogP contribution in [0.4, 0.5) is 11.4 Å². The summed E-state index contributed by atoms with van der Waals surface area (Å²) in [5.41, 5.74) is 2.26. The standard InChI is InChI=1S/C28H16N2O5/c31-25-21-8-4-5-9-22(21)26(32)30(25)18-10-12-19(13-11-18)35-20-14-15-23-24(16-20)28(34)29(27(23)33)17-6-2-1-3-7-17/h1-16H. The molecule has 7 heteroatoms. The molecule has 7 nitrogen and oxygen atoms in total. The lowest BCUT2D eigenvalue weighted by atomic mass is 10.1. The Morgan fingerprint density at radius 2 is 0.886 bits per heavy atom. The summed E-state index contributed by atoms with van der Waals surface area (Å²) in [7, 11) is 0. The summed E-state index contributed by atoms with van der Waals surface area (Å²) in [6.45, 7) is 0. The molecule has 0 atom stereocenters. The van der Waals surface area contributed by atoms with Gasteiger partial charge in [0.15, 0.2) is 0 Å². The van der Waals surface area contributed by atoms with Crippen LogP contribution in [0.2, 0.25) is 0 Å². The van der Waals surface area contributed by atoms with E-state index >= 15 is 0 Å². The third-order valence-corrected chi connectivity index (χ3v) is 6.00. The van der Waals surface area contributed by atoms with Crippen molar-refractivity contribution < 1.29 is 23.9 Å². The lowest BCUT2D eigenvalue weighted by Crippen LogP contribution is -2.29. The molecule has 2 aliphatic rings. The molecule has 0 fully saturated rings. The van der Waals surface area contributed by atoms with Gasteiger partial charge in [0.05, 0.1) is 33.6 Å². The number of anilines is 2. The van der Waals surface area contributed by atoms with E-state index in [4.69, 9.17) is 4.74 Å². The van der Waals surface area contributed by atoms with Crippen molar-refractivity contribution in [2.24, 2.45) is 0 Å². The van der Waals surface area contributed by atoms with Crippen LogP contribution in [0.1, 0.15) is 41.4 Å². The van der Waals surface area contributed by atoms with Gasteiger partial charge in [-0.2, -0.15) is 0 Å². The first kappa shape index (κ1) is 20.6. The second-order valence-corrected chi connectivity index (χ2v) is 8.08. The quantitative estimate of drug-likeness (QED) is 0.397. The Morgan fingerprint density at radius 1 is 0.429 bits per heavy atom. The zero-order valence-corrected chi connectivity index (χ0v) is 18.2. The number of rotatable bonds is 4. The van der Waals surface area contributed by atoms with Crippen LogP contribution in [0.25, 0.3) is 0 Å². The summed E-state index contributed by atoms with van der Waals surface area (Å²) in [6.07, 6.45) is 0. The van der Waals surface area contributed by atoms with Crippen LogP contribution in [0, 0.1) is 0 Å². The van der Waals surface area contributed by atoms with Crippen molar-refractivity contribution in [2.45, 2.75) is 0 Å². The molecular weight excluding hydrogens is 444 g/mol. The summed E-state index contributed by atoms with van der Waals surface area (Å²) in [6, 6.07) is 26.7. The van der Waals surface area contributed by atoms with E-state index in [0.29, 0.717) is 39.6 Å². The summed E-state index contributed by atoms with van der Waals surface area (Å²) in [4.78, 5) is 53.4. The highest BCUT2D eigenvalue weighted by molar-refractivity contribution is 6.35. The zero-order valence-electron chi connectivity index (χ0n) is 18.2. The minimum Gasteiger partial charge on any atom is -0.457 e. The third-order valence-electron chi connectivity index (χ3n) is 6.00. The zero-order chi connectivity index (χ0) is 24.1. The smallest absolute Gasteiger partial charge is 0.266 e. The number of fused-ring (bicyclic) bond motifs is 2. The first-order chi connectivity index (χ1) is 17.0. The molecule has 4 amide bonds. The van der Waals surface area contributed by atoms with Gasteiger partial charge >= 0.3 is 0 Å². The maximum absolute atomic E-state index is 12.9. The highest BCUT2D eigenvalue weighted by Crippen LogP contribution is 2.34. The van der Waals surface area contributed by atoms with E-state index < -0.39 is 5.91 Å². The fraction of sp³-hybridized carbons (Fsp3) is 0. The van der Waals surface area contributed by atoms with Gasteiger partial charge in [0.25, 0.3) is 23.6 Å². The van der Waals surface area contributed by atoms with E-state index in [0.717, 1.165) is 9.80 Å². The van der Waals surface area contributed by atoms with Crippen molar-refractivity contribution in [3.63, 3.8) is 0 Å². The highest BCUT2D eigenvalue weighted by Gasteiger charge is 2.37. The number of hydrogen-bond acceptors (Lipinski definition) is 5. The Morgan fingerprint density at radius 3 is 1.49 bits per heavy atom. The predicted octanol–water partition coefficient (Wildman–Crippen LogP) is 5.08. The van der Waals surface area contributed by atoms with Crippen molar-refractivity contribution in [1.82, 2.24) is 0 Å². The van der Waals surface area contributed by atoms with E-state index in [9.17, 15) is 19.2 Å². The molecule has 0 unspecified atom stereocenters. The molecule has 35 heavy (non-hydrogen) atoms. The van der Waals surface area contributed by atoms with Gasteiger partial charge in [-0.05, 0) is 66.7 Å². The van der Waals surface area contributed by atoms with Crippen LogP contribution in [-0.4, -0.2) is 23.6 Å². The van der Waals surface area contributed by atoms with Gasteiger partial charge in [0, 0.05) is 0 Å². The van der Waals surface area contributed by atoms with Crippen LogP contribution in [0.5, 0.6) is 11.5 Å². The Bertz CT molecular complexity index is 1510. The monoisotopic (exact) mass is 460 g/mol. The summed E-state index contributed by atoms with van der Waals surface area (Å²) in [5.74, 6) is -0.709. The lowest BCUT2D eigenvalue weighted by Gasteiger charge is -2.14. The largest absolute Gasteiger partial charge is 0.457 e. The Balaban J connectivity index is 1.23. The third kappa shape index (κ3) is 3.21. The van der Waals surface area contributed by atoms with Gasteiger partial charge in [-0.25, -0.2) is 9.80 Å². The lowest BCUT2D eigenvalue weighted by molar-refractivity contribution is 0.0910. The summed E-state index contributed by atoms with van der Waals surface area (Å²) in [5, 5.41) is 0. The molecule has 0 bridgehead atoms. The van der Waals surface area contributed by atoms with Gasteiger partial charge < -0.3 is 4.74 Å². The van der Waals surface area contributed by atoms with Crippen LogP contribution in [0.15, 0.2) is 97.1 Å². The van der Waals surface area contributed by atoms with Gasteiger partial charge in [-0.15, -0.1) is 0 Å². The van der Waals surface area contributed by atoms with E-state index in [1.165, 1.54) is 6.07 Å². The first-order valence-corrected chi connectivity index (χ1v) is 10.9. The van der Waals surface area contributed by atoms with Gasteiger partial charge in [0.2, 0.25) is 0 Å². The Labute approximate surface area is 199 Å². The molecule has 0 spiro atoms. The first-order valence-electron chi connectivity index (χ1n) is 10.9. The van der Waals surface area contributed by atoms with Crippen LogP contribution in [0.3, 0.4) is 0 Å². The van der Waals surface area contributed by atoms with Crippen LogP contribution in [-0.2, 0) is 0 Å². The molecule has 0 radical (unpaired) electrons. The molecule has 4 aromatic rings. The van der Waals surface area contributed by atoms with E-state index in [-0.39, 0.29) is 23.3 Å². The van der Waals surface area contributed by atoms with Crippen molar-refractivity contribution in [3.05, 3.63) is 119 Å². The summed E-state index contributed by atoms with van der Waals surface area (Å²) < 4.78 is 5.89. The number of para-hydroxylation sites is 1. The summed E-state index contributed by atoms with van der Waals surface area (Å²) >= 11 is 0.